The molecule has 2 bridgehead atoms. The van der Waals surface area contributed by atoms with Gasteiger partial charge in [-0.05, 0) is 85.8 Å². The number of benzene rings is 3. The molecule has 2 aliphatic rings. The molecule has 0 saturated heterocycles. The quantitative estimate of drug-likeness (QED) is 0.101. The zero-order chi connectivity index (χ0) is 35.4. The number of ether oxygens (including phenoxy) is 1. The molecule has 13 heteroatoms. The van der Waals surface area contributed by atoms with Gasteiger partial charge in [-0.25, -0.2) is 8.42 Å². The summed E-state index contributed by atoms with van der Waals surface area (Å²) in [6.07, 6.45) is -9.54. The van der Waals surface area contributed by atoms with Crippen LogP contribution in [0.3, 0.4) is 0 Å². The van der Waals surface area contributed by atoms with Crippen LogP contribution in [0.15, 0.2) is 106 Å². The molecule has 3 aromatic rings. The second-order valence-electron chi connectivity index (χ2n) is 12.9. The maximum atomic E-state index is 13.3. The van der Waals surface area contributed by atoms with Crippen LogP contribution in [-0.4, -0.2) is 42.6 Å². The van der Waals surface area contributed by atoms with Gasteiger partial charge in [0.1, 0.15) is 0 Å². The van der Waals surface area contributed by atoms with E-state index in [1.165, 1.54) is 14.7 Å². The van der Waals surface area contributed by atoms with Crippen LogP contribution < -0.4 is 0 Å². The summed E-state index contributed by atoms with van der Waals surface area (Å²) < 4.78 is 116. The van der Waals surface area contributed by atoms with Gasteiger partial charge in [-0.3, -0.25) is 4.79 Å². The Hall–Kier alpha value is -3.03. The standard InChI is InChI=1S/C18H15S.C17H24F6O5S/c1-4-10-16(11-5-1)19(17-12-6-2-7-13-17)18-14-8-3-9-15-18;1-3-10-4-11-5-12(8-14(2,6-10)7-11)13(24)28-15(16(18,19)20,17(21,22)23)9-29(25,26)27/h1-15H;10-12H,3-9H2,1-2H3,(H,25,26,27)/q+1;/p-1. The number of carbonyl (C=O) groups is 1. The number of esters is 1. The van der Waals surface area contributed by atoms with Gasteiger partial charge in [-0.1, -0.05) is 74.9 Å². The van der Waals surface area contributed by atoms with Crippen molar-refractivity contribution in [1.82, 2.24) is 0 Å². The van der Waals surface area contributed by atoms with Gasteiger partial charge in [0.15, 0.2) is 14.7 Å². The summed E-state index contributed by atoms with van der Waals surface area (Å²) in [6, 6.07) is 32.2. The third-order valence-electron chi connectivity index (χ3n) is 9.00. The zero-order valence-corrected chi connectivity index (χ0v) is 28.1. The molecule has 4 atom stereocenters. The predicted molar refractivity (Wildman–Crippen MR) is 169 cm³/mol. The number of carbonyl (C=O) groups excluding carboxylic acids is 1. The summed E-state index contributed by atoms with van der Waals surface area (Å²) in [6.45, 7) is 3.83. The van der Waals surface area contributed by atoms with Crippen molar-refractivity contribution in [3.8, 4) is 0 Å². The van der Waals surface area contributed by atoms with E-state index in [0.29, 0.717) is 25.2 Å². The molecular weight excluding hydrogens is 679 g/mol. The molecule has 2 fully saturated rings. The second kappa shape index (κ2) is 14.8. The van der Waals surface area contributed by atoms with E-state index < -0.39 is 51.1 Å². The van der Waals surface area contributed by atoms with Gasteiger partial charge in [0, 0.05) is 0 Å². The Balaban J connectivity index is 0.000000235. The molecule has 0 N–H and O–H groups in total. The Kier molecular flexibility index (Phi) is 11.7. The molecule has 2 saturated carbocycles. The molecule has 5 nitrogen and oxygen atoms in total. The van der Waals surface area contributed by atoms with E-state index >= 15 is 0 Å². The number of rotatable bonds is 8. The minimum absolute atomic E-state index is 0.0146. The van der Waals surface area contributed by atoms with Crippen molar-refractivity contribution >= 4 is 27.0 Å². The second-order valence-corrected chi connectivity index (χ2v) is 16.4. The lowest BCUT2D eigenvalue weighted by atomic mass is 9.57. The number of fused-ring (bicyclic) bond motifs is 2. The summed E-state index contributed by atoms with van der Waals surface area (Å²) in [5.74, 6) is -5.63. The molecule has 0 spiro atoms. The Morgan fingerprint density at radius 3 is 1.58 bits per heavy atom. The molecule has 0 aromatic heterocycles. The largest absolute Gasteiger partial charge is 0.748 e. The lowest BCUT2D eigenvalue weighted by Crippen LogP contribution is -2.64. The van der Waals surface area contributed by atoms with E-state index in [1.807, 2.05) is 13.8 Å². The average molecular weight is 717 g/mol. The lowest BCUT2D eigenvalue weighted by Gasteiger charge is -2.49. The lowest BCUT2D eigenvalue weighted by molar-refractivity contribution is -0.362. The Morgan fingerprint density at radius 1 is 0.792 bits per heavy atom. The summed E-state index contributed by atoms with van der Waals surface area (Å²) in [5, 5.41) is 0. The van der Waals surface area contributed by atoms with E-state index in [9.17, 15) is 44.1 Å². The maximum Gasteiger partial charge on any atom is 0.438 e. The maximum absolute atomic E-state index is 13.3. The normalized spacial score (nSPS) is 23.2. The highest BCUT2D eigenvalue weighted by atomic mass is 32.2. The first kappa shape index (κ1) is 37.8. The third-order valence-corrected chi connectivity index (χ3v) is 12.0. The Morgan fingerprint density at radius 2 is 1.23 bits per heavy atom. The van der Waals surface area contributed by atoms with Crippen molar-refractivity contribution in [2.24, 2.45) is 23.2 Å². The summed E-state index contributed by atoms with van der Waals surface area (Å²) in [4.78, 5) is 16.5. The van der Waals surface area contributed by atoms with E-state index in [-0.39, 0.29) is 29.7 Å². The van der Waals surface area contributed by atoms with Gasteiger partial charge in [-0.15, -0.1) is 0 Å². The fourth-order valence-corrected chi connectivity index (χ4v) is 10.1. The highest BCUT2D eigenvalue weighted by molar-refractivity contribution is 7.97. The van der Waals surface area contributed by atoms with Crippen molar-refractivity contribution in [1.29, 1.82) is 0 Å². The van der Waals surface area contributed by atoms with Gasteiger partial charge in [0.25, 0.3) is 0 Å². The topological polar surface area (TPSA) is 83.5 Å². The van der Waals surface area contributed by atoms with Gasteiger partial charge in [0.05, 0.1) is 32.7 Å². The highest BCUT2D eigenvalue weighted by Gasteiger charge is 2.75. The first-order chi connectivity index (χ1) is 22.4. The fraction of sp³-hybridized carbons (Fsp3) is 0.457. The minimum Gasteiger partial charge on any atom is -0.748 e. The van der Waals surface area contributed by atoms with E-state index in [2.05, 4.69) is 95.7 Å². The molecular formula is C35H38F6O5S2. The summed E-state index contributed by atoms with van der Waals surface area (Å²) in [5.41, 5.74) is -5.81. The number of alkyl halides is 6. The first-order valence-corrected chi connectivity index (χ1v) is 18.4. The molecule has 0 amide bonds. The van der Waals surface area contributed by atoms with Crippen molar-refractivity contribution in [3.05, 3.63) is 91.0 Å². The van der Waals surface area contributed by atoms with E-state index in [0.717, 1.165) is 6.42 Å². The Labute approximate surface area is 280 Å². The van der Waals surface area contributed by atoms with E-state index in [4.69, 9.17) is 0 Å². The highest BCUT2D eigenvalue weighted by Crippen LogP contribution is 2.54. The smallest absolute Gasteiger partial charge is 0.438 e. The first-order valence-electron chi connectivity index (χ1n) is 15.6. The molecule has 3 aromatic carbocycles. The van der Waals surface area contributed by atoms with Crippen LogP contribution in [0.25, 0.3) is 0 Å². The average Bonchev–Trinajstić information content (AvgIpc) is 3.00. The number of hydrogen-bond donors (Lipinski definition) is 0. The predicted octanol–water partition coefficient (Wildman–Crippen LogP) is 8.96. The molecule has 2 aliphatic carbocycles. The van der Waals surface area contributed by atoms with Crippen LogP contribution in [0.4, 0.5) is 26.3 Å². The van der Waals surface area contributed by atoms with Crippen LogP contribution in [-0.2, 0) is 30.5 Å². The molecule has 4 unspecified atom stereocenters. The zero-order valence-electron chi connectivity index (χ0n) is 26.5. The fourth-order valence-electron chi connectivity index (χ4n) is 7.08. The molecule has 0 radical (unpaired) electrons. The molecule has 0 heterocycles. The van der Waals surface area contributed by atoms with Crippen molar-refractivity contribution in [2.75, 3.05) is 5.75 Å². The van der Waals surface area contributed by atoms with E-state index in [1.54, 1.807) is 0 Å². The van der Waals surface area contributed by atoms with Crippen LogP contribution in [0.2, 0.25) is 0 Å². The van der Waals surface area contributed by atoms with Gasteiger partial charge < -0.3 is 9.29 Å². The minimum atomic E-state index is -6.33. The number of halogens is 6. The van der Waals surface area contributed by atoms with Gasteiger partial charge in [-0.2, -0.15) is 26.3 Å². The molecule has 262 valence electrons. The SMILES string of the molecule is CCC1CC2CC(C(=O)OC(CS(=O)(=O)[O-])(C(F)(F)F)C(F)(F)F)CC(C)(C1)C2.c1ccc([S+](c2ccccc2)c2ccccc2)cc1. The monoisotopic (exact) mass is 716 g/mol. The Bertz CT molecular complexity index is 1490. The summed E-state index contributed by atoms with van der Waals surface area (Å²) in [7, 11) is -6.04. The van der Waals surface area contributed by atoms with Crippen LogP contribution >= 0.6 is 0 Å². The van der Waals surface area contributed by atoms with Crippen molar-refractivity contribution < 1.29 is 48.8 Å². The van der Waals surface area contributed by atoms with Gasteiger partial charge >= 0.3 is 23.9 Å². The van der Waals surface area contributed by atoms with Crippen molar-refractivity contribution in [3.63, 3.8) is 0 Å². The summed E-state index contributed by atoms with van der Waals surface area (Å²) >= 11 is 0. The third kappa shape index (κ3) is 9.15. The van der Waals surface area contributed by atoms with Crippen LogP contribution in [0.1, 0.15) is 52.4 Å². The molecule has 5 rings (SSSR count). The van der Waals surface area contributed by atoms with Gasteiger partial charge in [0.2, 0.25) is 0 Å². The molecule has 0 aliphatic heterocycles. The van der Waals surface area contributed by atoms with Crippen LogP contribution in [0.5, 0.6) is 0 Å². The van der Waals surface area contributed by atoms with Crippen LogP contribution in [0, 0.1) is 23.2 Å². The molecule has 48 heavy (non-hydrogen) atoms. The van der Waals surface area contributed by atoms with Crippen molar-refractivity contribution in [2.45, 2.75) is 85.0 Å². The number of hydrogen-bond acceptors (Lipinski definition) is 5.